The van der Waals surface area contributed by atoms with E-state index < -0.39 is 0 Å². The van der Waals surface area contributed by atoms with Crippen molar-refractivity contribution in [3.8, 4) is 39.2 Å². The number of isocyanates is 1. The van der Waals surface area contributed by atoms with Gasteiger partial charge in [-0.1, -0.05) is 146 Å². The number of nitrogen functional groups attached to an aromatic ring is 1. The van der Waals surface area contributed by atoms with E-state index in [1.807, 2.05) is 153 Å². The van der Waals surface area contributed by atoms with Gasteiger partial charge in [0.25, 0.3) is 0 Å². The summed E-state index contributed by atoms with van der Waals surface area (Å²) in [5.41, 5.74) is 20.1. The largest absolute Gasteiger partial charge is 0.384 e. The van der Waals surface area contributed by atoms with Crippen LogP contribution in [0.15, 0.2) is 181 Å². The second-order valence-corrected chi connectivity index (χ2v) is 14.2. The Morgan fingerprint density at radius 2 is 1.12 bits per heavy atom. The molecule has 9 nitrogen and oxygen atoms in total. The number of rotatable bonds is 5. The van der Waals surface area contributed by atoms with Gasteiger partial charge in [-0.2, -0.15) is 10.1 Å². The van der Waals surface area contributed by atoms with Gasteiger partial charge in [0.2, 0.25) is 6.08 Å². The number of nitrogens with zero attached hydrogens (tertiary/aromatic N) is 4. The minimum Gasteiger partial charge on any atom is -0.384 e. The number of para-hydroxylation sites is 1. The zero-order chi connectivity index (χ0) is 40.7. The van der Waals surface area contributed by atoms with Crippen LogP contribution in [0.5, 0.6) is 0 Å². The van der Waals surface area contributed by atoms with Gasteiger partial charge in [0.15, 0.2) is 0 Å². The van der Waals surface area contributed by atoms with Crippen LogP contribution in [0.25, 0.3) is 39.2 Å². The Kier molecular flexibility index (Phi) is 11.0. The second-order valence-electron chi connectivity index (χ2n) is 14.2. The average Bonchev–Trinajstić information content (AvgIpc) is 3.91. The van der Waals surface area contributed by atoms with Crippen molar-refractivity contribution in [3.63, 3.8) is 0 Å². The minimum atomic E-state index is -0.255. The molecule has 6 aromatic carbocycles. The number of amides is 2. The van der Waals surface area contributed by atoms with Gasteiger partial charge in [0.1, 0.15) is 11.9 Å². The quantitative estimate of drug-likeness (QED) is 0.119. The molecule has 4 N–H and O–H groups in total. The lowest BCUT2D eigenvalue weighted by Gasteiger charge is -2.18. The highest BCUT2D eigenvalue weighted by molar-refractivity contribution is 5.95. The van der Waals surface area contributed by atoms with Crippen LogP contribution in [0.3, 0.4) is 0 Å². The number of aryl methyl sites for hydroxylation is 2. The van der Waals surface area contributed by atoms with Crippen molar-refractivity contribution >= 4 is 23.6 Å². The van der Waals surface area contributed by atoms with Crippen molar-refractivity contribution in [1.82, 2.24) is 20.1 Å². The van der Waals surface area contributed by atoms with Gasteiger partial charge >= 0.3 is 6.03 Å². The number of hydrogen-bond donors (Lipinski definition) is 3. The molecule has 0 fully saturated rings. The molecule has 288 valence electrons. The molecule has 2 aliphatic rings. The molecule has 0 atom stereocenters. The molecule has 2 amide bonds. The summed E-state index contributed by atoms with van der Waals surface area (Å²) in [5, 5.41) is 10.4. The smallest absolute Gasteiger partial charge is 0.320 e. The highest BCUT2D eigenvalue weighted by Gasteiger charge is 2.30. The van der Waals surface area contributed by atoms with Crippen molar-refractivity contribution < 1.29 is 9.59 Å². The van der Waals surface area contributed by atoms with Gasteiger partial charge in [0, 0.05) is 17.3 Å². The molecule has 0 unspecified atom stereocenters. The second kappa shape index (κ2) is 17.1. The number of pyridine rings is 1. The first kappa shape index (κ1) is 38.0. The molecule has 0 bridgehead atoms. The lowest BCUT2D eigenvalue weighted by molar-refractivity contribution is 0.250. The van der Waals surface area contributed by atoms with E-state index in [9.17, 15) is 9.59 Å². The van der Waals surface area contributed by atoms with Crippen LogP contribution in [-0.2, 0) is 4.79 Å². The van der Waals surface area contributed by atoms with Crippen LogP contribution in [0.1, 0.15) is 45.7 Å². The monoisotopic (exact) mass is 771 g/mol. The van der Waals surface area contributed by atoms with E-state index in [1.54, 1.807) is 10.8 Å². The summed E-state index contributed by atoms with van der Waals surface area (Å²) in [5.74, 6) is 0.670. The van der Waals surface area contributed by atoms with Gasteiger partial charge in [-0.05, 0) is 82.6 Å². The number of carbonyl (C=O) groups excluding carboxylic acids is 2. The molecule has 10 rings (SSSR count). The summed E-state index contributed by atoms with van der Waals surface area (Å²) < 4.78 is 1.73. The van der Waals surface area contributed by atoms with Crippen molar-refractivity contribution in [3.05, 3.63) is 210 Å². The zero-order valence-corrected chi connectivity index (χ0v) is 32.6. The van der Waals surface area contributed by atoms with Gasteiger partial charge in [-0.15, -0.1) is 0 Å². The number of aliphatic imine (C=N–C) groups is 1. The Labute approximate surface area is 343 Å². The lowest BCUT2D eigenvalue weighted by Crippen LogP contribution is -2.32. The van der Waals surface area contributed by atoms with Crippen molar-refractivity contribution in [2.75, 3.05) is 11.1 Å². The molecule has 8 aromatic rings. The number of nitrogens with one attached hydrogen (secondary N) is 2. The summed E-state index contributed by atoms with van der Waals surface area (Å²) in [6.45, 7) is 3.87. The van der Waals surface area contributed by atoms with E-state index in [0.29, 0.717) is 11.5 Å². The minimum absolute atomic E-state index is 0.176. The summed E-state index contributed by atoms with van der Waals surface area (Å²) >= 11 is 0. The number of hydrogen-bond acceptors (Lipinski definition) is 6. The summed E-state index contributed by atoms with van der Waals surface area (Å²) in [7, 11) is 0. The Morgan fingerprint density at radius 1 is 0.627 bits per heavy atom. The summed E-state index contributed by atoms with van der Waals surface area (Å²) in [6.07, 6.45) is 1.67. The Bertz CT molecular complexity index is 2720. The molecule has 0 saturated heterocycles. The third kappa shape index (κ3) is 8.05. The fourth-order valence-electron chi connectivity index (χ4n) is 7.69. The number of aromatic nitrogens is 3. The molecule has 0 aliphatic heterocycles. The van der Waals surface area contributed by atoms with E-state index in [0.717, 1.165) is 50.6 Å². The third-order valence-electron chi connectivity index (χ3n) is 10.3. The maximum atomic E-state index is 13.0. The van der Waals surface area contributed by atoms with Gasteiger partial charge in [0.05, 0.1) is 28.8 Å². The number of fused-ring (bicyclic) bond motifs is 6. The number of urea groups is 1. The standard InChI is InChI=1S/C26H21N3O.C14H9NO.C10H11N3/c1-17-15-16-23(24(27-17)18-9-3-2-4-10-18)28-26(30)29-25-21-13-7-5-11-19(21)20-12-6-8-14-22(20)25;16-9-15-14-12-7-3-1-5-10(12)11-6-2-4-8-13(11)14;1-8-7-10(11)13(12-8)9-5-3-2-4-6-9/h2-16,25H,1H3,(H2,28,29,30);1-8,14H;2-7H,11H2,1H3. The molecule has 2 aliphatic carbocycles. The molecule has 59 heavy (non-hydrogen) atoms. The molecule has 0 saturated carbocycles. The molecular weight excluding hydrogens is 731 g/mol. The predicted octanol–water partition coefficient (Wildman–Crippen LogP) is 10.8. The van der Waals surface area contributed by atoms with Crippen LogP contribution in [0.4, 0.5) is 16.3 Å². The van der Waals surface area contributed by atoms with Crippen molar-refractivity contribution in [2.45, 2.75) is 25.9 Å². The van der Waals surface area contributed by atoms with Gasteiger partial charge in [-0.3, -0.25) is 4.98 Å². The Hall–Kier alpha value is -7.87. The fraction of sp³-hybridized carbons (Fsp3) is 0.0800. The maximum Gasteiger partial charge on any atom is 0.320 e. The van der Waals surface area contributed by atoms with Crippen molar-refractivity contribution in [2.24, 2.45) is 4.99 Å². The van der Waals surface area contributed by atoms with Crippen LogP contribution < -0.4 is 16.4 Å². The average molecular weight is 772 g/mol. The number of nitrogens with two attached hydrogens (primary N) is 1. The first-order valence-electron chi connectivity index (χ1n) is 19.3. The van der Waals surface area contributed by atoms with E-state index in [-0.39, 0.29) is 18.1 Å². The number of carbonyl (C=O) groups is 1. The predicted molar refractivity (Wildman–Crippen MR) is 235 cm³/mol. The number of benzene rings is 6. The Morgan fingerprint density at radius 3 is 1.64 bits per heavy atom. The lowest BCUT2D eigenvalue weighted by atomic mass is 10.1. The third-order valence-corrected chi connectivity index (χ3v) is 10.3. The molecular formula is C50H41N7O2. The van der Waals surface area contributed by atoms with E-state index >= 15 is 0 Å². The summed E-state index contributed by atoms with van der Waals surface area (Å²) in [4.78, 5) is 32.1. The van der Waals surface area contributed by atoms with Gasteiger partial charge in [-0.25, -0.2) is 14.3 Å². The number of anilines is 2. The first-order valence-corrected chi connectivity index (χ1v) is 19.3. The van der Waals surface area contributed by atoms with Crippen molar-refractivity contribution in [1.29, 1.82) is 0 Å². The van der Waals surface area contributed by atoms with E-state index in [2.05, 4.69) is 62.1 Å². The molecule has 2 heterocycles. The zero-order valence-electron chi connectivity index (χ0n) is 32.6. The van der Waals surface area contributed by atoms with Gasteiger partial charge < -0.3 is 16.4 Å². The topological polar surface area (TPSA) is 127 Å². The maximum absolute atomic E-state index is 13.0. The van der Waals surface area contributed by atoms with Crippen LogP contribution in [-0.4, -0.2) is 26.9 Å². The first-order chi connectivity index (χ1) is 28.9. The highest BCUT2D eigenvalue weighted by atomic mass is 16.2. The Balaban J connectivity index is 0.000000139. The van der Waals surface area contributed by atoms with Crippen LogP contribution in [0, 0.1) is 13.8 Å². The molecule has 0 spiro atoms. The van der Waals surface area contributed by atoms with E-state index in [1.165, 1.54) is 22.3 Å². The molecule has 0 radical (unpaired) electrons. The van der Waals surface area contributed by atoms with Crippen LogP contribution in [0.2, 0.25) is 0 Å². The summed E-state index contributed by atoms with van der Waals surface area (Å²) in [6, 6.07) is 57.3. The highest BCUT2D eigenvalue weighted by Crippen LogP contribution is 2.45. The van der Waals surface area contributed by atoms with Crippen LogP contribution >= 0.6 is 0 Å². The molecule has 9 heteroatoms. The SMILES string of the molecule is Cc1cc(N)n(-c2ccccc2)n1.Cc1ccc(NC(=O)NC2c3ccccc3-c3ccccc32)c(-c2ccccc2)n1.O=C=NC1c2ccccc2-c2ccccc21. The van der Waals surface area contributed by atoms with E-state index in [4.69, 9.17) is 5.73 Å². The molecule has 2 aromatic heterocycles. The normalized spacial score (nSPS) is 11.9. The fourth-order valence-corrected chi connectivity index (χ4v) is 7.69.